The van der Waals surface area contributed by atoms with Gasteiger partial charge in [-0.15, -0.1) is 17.5 Å². The number of nitrogens with one attached hydrogen (secondary N) is 1. The number of halogens is 1. The third-order valence-corrected chi connectivity index (χ3v) is 7.72. The van der Waals surface area contributed by atoms with Crippen LogP contribution in [0.25, 0.3) is 5.69 Å². The Labute approximate surface area is 248 Å². The van der Waals surface area contributed by atoms with E-state index in [1.807, 2.05) is 58.3 Å². The maximum atomic E-state index is 14.3. The molecule has 1 aromatic heterocycles. The Balaban J connectivity index is 0.00000387. The van der Waals surface area contributed by atoms with Gasteiger partial charge >= 0.3 is 0 Å². The molecule has 0 bridgehead atoms. The maximum absolute atomic E-state index is 14.3. The van der Waals surface area contributed by atoms with Crippen molar-refractivity contribution in [2.75, 3.05) is 45.9 Å². The summed E-state index contributed by atoms with van der Waals surface area (Å²) in [6, 6.07) is 20.0. The highest BCUT2D eigenvalue weighted by Gasteiger charge is 2.37. The summed E-state index contributed by atoms with van der Waals surface area (Å²) in [7, 11) is 0. The summed E-state index contributed by atoms with van der Waals surface area (Å²) in [5.41, 5.74) is 3.27. The van der Waals surface area contributed by atoms with Crippen LogP contribution in [0.4, 0.5) is 0 Å². The van der Waals surface area contributed by atoms with Gasteiger partial charge in [-0.05, 0) is 42.9 Å². The molecular formula is C31H41ClN6O3. The molecule has 2 saturated heterocycles. The van der Waals surface area contributed by atoms with Crippen molar-refractivity contribution in [3.05, 3.63) is 77.6 Å². The fraction of sp³-hybridized carbons (Fsp3) is 0.484. The average molecular weight is 581 g/mol. The van der Waals surface area contributed by atoms with Crippen LogP contribution in [0.5, 0.6) is 0 Å². The second kappa shape index (κ2) is 14.6. The van der Waals surface area contributed by atoms with E-state index in [2.05, 4.69) is 41.6 Å². The summed E-state index contributed by atoms with van der Waals surface area (Å²) in [5, 5.41) is 12.4. The van der Waals surface area contributed by atoms with Crippen molar-refractivity contribution >= 4 is 24.2 Å². The summed E-state index contributed by atoms with van der Waals surface area (Å²) in [6.07, 6.45) is 2.03. The minimum atomic E-state index is -0.170. The topological polar surface area (TPSA) is 92.6 Å². The molecule has 0 saturated carbocycles. The van der Waals surface area contributed by atoms with Gasteiger partial charge in [-0.25, -0.2) is 4.68 Å². The first-order valence-electron chi connectivity index (χ1n) is 14.4. The van der Waals surface area contributed by atoms with Crippen LogP contribution in [-0.2, 0) is 22.4 Å². The van der Waals surface area contributed by atoms with Gasteiger partial charge in [0.15, 0.2) is 5.69 Å². The second-order valence-corrected chi connectivity index (χ2v) is 11.2. The number of nitrogens with zero attached hydrogens (tertiary/aromatic N) is 5. The van der Waals surface area contributed by atoms with Crippen molar-refractivity contribution in [3.63, 3.8) is 0 Å². The van der Waals surface area contributed by atoms with Gasteiger partial charge in [0.2, 0.25) is 5.91 Å². The predicted octanol–water partition coefficient (Wildman–Crippen LogP) is 3.41. The summed E-state index contributed by atoms with van der Waals surface area (Å²) < 4.78 is 7.24. The lowest BCUT2D eigenvalue weighted by atomic mass is 9.92. The number of carbonyl (C=O) groups excluding carboxylic acids is 2. The van der Waals surface area contributed by atoms with Crippen LogP contribution in [-0.4, -0.2) is 88.6 Å². The number of amides is 2. The third-order valence-electron chi connectivity index (χ3n) is 7.72. The Morgan fingerprint density at radius 3 is 2.37 bits per heavy atom. The Kier molecular flexibility index (Phi) is 10.9. The molecule has 2 aromatic carbocycles. The highest BCUT2D eigenvalue weighted by Crippen LogP contribution is 2.24. The Hall–Kier alpha value is -3.27. The fourth-order valence-electron chi connectivity index (χ4n) is 5.69. The lowest BCUT2D eigenvalue weighted by Gasteiger charge is -2.40. The van der Waals surface area contributed by atoms with Gasteiger partial charge in [0.25, 0.3) is 5.91 Å². The molecule has 2 atom stereocenters. The molecule has 2 aliphatic rings. The molecule has 9 nitrogen and oxygen atoms in total. The number of aromatic nitrogens is 3. The van der Waals surface area contributed by atoms with Crippen LogP contribution in [0.15, 0.2) is 60.7 Å². The van der Waals surface area contributed by atoms with Gasteiger partial charge in [-0.3, -0.25) is 9.59 Å². The Morgan fingerprint density at radius 2 is 1.68 bits per heavy atom. The number of morpholine rings is 1. The first-order valence-corrected chi connectivity index (χ1v) is 14.4. The molecule has 3 aromatic rings. The van der Waals surface area contributed by atoms with Crippen LogP contribution < -0.4 is 5.32 Å². The van der Waals surface area contributed by atoms with E-state index >= 15 is 0 Å². The zero-order valence-corrected chi connectivity index (χ0v) is 24.8. The van der Waals surface area contributed by atoms with Gasteiger partial charge < -0.3 is 19.9 Å². The molecule has 220 valence electrons. The van der Waals surface area contributed by atoms with Gasteiger partial charge in [0.05, 0.1) is 30.5 Å². The quantitative estimate of drug-likeness (QED) is 0.417. The number of para-hydroxylation sites is 1. The highest BCUT2D eigenvalue weighted by atomic mass is 35.5. The highest BCUT2D eigenvalue weighted by molar-refractivity contribution is 5.94. The molecule has 10 heteroatoms. The second-order valence-electron chi connectivity index (χ2n) is 11.2. The number of aryl methyl sites for hydroxylation is 1. The molecule has 2 aliphatic heterocycles. The van der Waals surface area contributed by atoms with Crippen LogP contribution in [0, 0.1) is 11.8 Å². The number of carbonyl (C=O) groups is 2. The smallest absolute Gasteiger partial charge is 0.276 e. The standard InChI is InChI=1S/C31H40N6O3.ClH/c1-23(2)22-36(27-19-25(20-32-21-27)30(38)35-15-17-40-18-16-35)31(39)29-28(14-13-24-9-5-3-6-10-24)37(34-33-29)26-11-7-4-8-12-26;/h3-12,23,25,27,32H,13-22H2,1-2H3;1H/t25-,27+;/m1./s1. The molecule has 2 fully saturated rings. The number of hydrogen-bond donors (Lipinski definition) is 1. The number of rotatable bonds is 9. The van der Waals surface area contributed by atoms with E-state index in [1.165, 1.54) is 5.56 Å². The van der Waals surface area contributed by atoms with Gasteiger partial charge in [-0.1, -0.05) is 67.6 Å². The number of benzene rings is 2. The minimum Gasteiger partial charge on any atom is -0.378 e. The van der Waals surface area contributed by atoms with Crippen molar-refractivity contribution < 1.29 is 14.3 Å². The van der Waals surface area contributed by atoms with E-state index in [-0.39, 0.29) is 42.1 Å². The molecule has 0 unspecified atom stereocenters. The summed E-state index contributed by atoms with van der Waals surface area (Å²) in [4.78, 5) is 31.5. The van der Waals surface area contributed by atoms with Crippen molar-refractivity contribution in [2.24, 2.45) is 11.8 Å². The van der Waals surface area contributed by atoms with Crippen LogP contribution in [0.1, 0.15) is 42.0 Å². The number of ether oxygens (including phenoxy) is 1. The largest absolute Gasteiger partial charge is 0.378 e. The van der Waals surface area contributed by atoms with E-state index in [9.17, 15) is 9.59 Å². The molecule has 2 amide bonds. The first kappa shape index (κ1) is 30.7. The predicted molar refractivity (Wildman–Crippen MR) is 160 cm³/mol. The van der Waals surface area contributed by atoms with Crippen LogP contribution in [0.3, 0.4) is 0 Å². The molecule has 1 N–H and O–H groups in total. The SMILES string of the molecule is CC(C)CN(C(=O)c1nnn(-c2ccccc2)c1CCc1ccccc1)[C@@H]1CNC[C@H](C(=O)N2CCOCC2)C1.Cl. The summed E-state index contributed by atoms with van der Waals surface area (Å²) >= 11 is 0. The Bertz CT molecular complexity index is 1260. The molecule has 0 spiro atoms. The monoisotopic (exact) mass is 580 g/mol. The van der Waals surface area contributed by atoms with Crippen molar-refractivity contribution in [1.82, 2.24) is 30.1 Å². The molecule has 0 aliphatic carbocycles. The maximum Gasteiger partial charge on any atom is 0.276 e. The van der Waals surface area contributed by atoms with Crippen LogP contribution >= 0.6 is 12.4 Å². The first-order chi connectivity index (χ1) is 19.5. The number of hydrogen-bond acceptors (Lipinski definition) is 6. The molecule has 5 rings (SSSR count). The third kappa shape index (κ3) is 7.52. The summed E-state index contributed by atoms with van der Waals surface area (Å²) in [5.74, 6) is 0.120. The normalized spacial score (nSPS) is 19.0. The van der Waals surface area contributed by atoms with Crippen LogP contribution in [0.2, 0.25) is 0 Å². The van der Waals surface area contributed by atoms with E-state index in [1.54, 1.807) is 4.68 Å². The molecule has 41 heavy (non-hydrogen) atoms. The van der Waals surface area contributed by atoms with Gasteiger partial charge in [0, 0.05) is 38.8 Å². The number of piperidine rings is 1. The zero-order chi connectivity index (χ0) is 27.9. The molecular weight excluding hydrogens is 540 g/mol. The average Bonchev–Trinajstić information content (AvgIpc) is 3.43. The lowest BCUT2D eigenvalue weighted by molar-refractivity contribution is -0.140. The van der Waals surface area contributed by atoms with E-state index < -0.39 is 0 Å². The van der Waals surface area contributed by atoms with E-state index in [4.69, 9.17) is 4.74 Å². The van der Waals surface area contributed by atoms with Crippen molar-refractivity contribution in [3.8, 4) is 5.69 Å². The van der Waals surface area contributed by atoms with E-state index in [0.29, 0.717) is 64.5 Å². The van der Waals surface area contributed by atoms with Crippen molar-refractivity contribution in [1.29, 1.82) is 0 Å². The zero-order valence-electron chi connectivity index (χ0n) is 23.9. The fourth-order valence-corrected chi connectivity index (χ4v) is 5.69. The summed E-state index contributed by atoms with van der Waals surface area (Å²) in [6.45, 7) is 8.50. The molecule has 0 radical (unpaired) electrons. The van der Waals surface area contributed by atoms with Crippen molar-refractivity contribution in [2.45, 2.75) is 39.2 Å². The van der Waals surface area contributed by atoms with Gasteiger partial charge in [0.1, 0.15) is 0 Å². The lowest BCUT2D eigenvalue weighted by Crippen LogP contribution is -2.56. The minimum absolute atomic E-state index is 0. The molecule has 3 heterocycles. The Morgan fingerprint density at radius 1 is 1.00 bits per heavy atom. The van der Waals surface area contributed by atoms with Gasteiger partial charge in [-0.2, -0.15) is 0 Å². The van der Waals surface area contributed by atoms with E-state index in [0.717, 1.165) is 17.8 Å².